The van der Waals surface area contributed by atoms with Gasteiger partial charge in [-0.2, -0.15) is 0 Å². The van der Waals surface area contributed by atoms with Crippen LogP contribution in [-0.4, -0.2) is 43.5 Å². The maximum Gasteiger partial charge on any atom is 0.218 e. The van der Waals surface area contributed by atoms with Gasteiger partial charge in [0.1, 0.15) is 9.86 Å². The van der Waals surface area contributed by atoms with Gasteiger partial charge in [-0.3, -0.25) is 0 Å². The summed E-state index contributed by atoms with van der Waals surface area (Å²) in [5, 5.41) is 0.635. The van der Waals surface area contributed by atoms with Crippen LogP contribution < -0.4 is 0 Å². The van der Waals surface area contributed by atoms with Gasteiger partial charge in [-0.15, -0.1) is 11.3 Å². The maximum atomic E-state index is 12.9. The standard InChI is InChI=1S/C15H16ClN3O2S2/c1-18(2)8-9-19-10-12(11-4-3-7-17-15(11)19)23(20,21)14-6-5-13(16)22-14/h3-7,10H,8-9H2,1-2H3. The predicted octanol–water partition coefficient (Wildman–Crippen LogP) is 3.15. The lowest BCUT2D eigenvalue weighted by Crippen LogP contribution is -2.18. The fourth-order valence-electron chi connectivity index (χ4n) is 2.33. The first-order valence-corrected chi connectivity index (χ1v) is 9.66. The molecule has 3 heterocycles. The summed E-state index contributed by atoms with van der Waals surface area (Å²) in [6.45, 7) is 1.46. The van der Waals surface area contributed by atoms with Crippen molar-refractivity contribution in [3.63, 3.8) is 0 Å². The molecular formula is C15H16ClN3O2S2. The molecule has 23 heavy (non-hydrogen) atoms. The topological polar surface area (TPSA) is 55.2 Å². The van der Waals surface area contributed by atoms with Crippen molar-refractivity contribution in [2.45, 2.75) is 15.6 Å². The van der Waals surface area contributed by atoms with Gasteiger partial charge >= 0.3 is 0 Å². The number of fused-ring (bicyclic) bond motifs is 1. The maximum absolute atomic E-state index is 12.9. The normalized spacial score (nSPS) is 12.3. The Labute approximate surface area is 144 Å². The van der Waals surface area contributed by atoms with E-state index in [1.807, 2.05) is 23.6 Å². The molecule has 0 aromatic carbocycles. The van der Waals surface area contributed by atoms with E-state index in [4.69, 9.17) is 11.6 Å². The summed E-state index contributed by atoms with van der Waals surface area (Å²) in [7, 11) is 0.350. The highest BCUT2D eigenvalue weighted by molar-refractivity contribution is 7.93. The lowest BCUT2D eigenvalue weighted by molar-refractivity contribution is 0.386. The molecule has 0 amide bonds. The number of aromatic nitrogens is 2. The van der Waals surface area contributed by atoms with Gasteiger partial charge < -0.3 is 9.47 Å². The molecule has 0 saturated heterocycles. The minimum Gasteiger partial charge on any atom is -0.330 e. The molecule has 8 heteroatoms. The Morgan fingerprint density at radius 1 is 1.30 bits per heavy atom. The van der Waals surface area contributed by atoms with Crippen molar-refractivity contribution in [3.05, 3.63) is 41.0 Å². The summed E-state index contributed by atoms with van der Waals surface area (Å²) >= 11 is 6.96. The van der Waals surface area contributed by atoms with E-state index in [1.54, 1.807) is 36.7 Å². The zero-order chi connectivity index (χ0) is 16.6. The van der Waals surface area contributed by atoms with Crippen molar-refractivity contribution in [3.8, 4) is 0 Å². The quantitative estimate of drug-likeness (QED) is 0.693. The van der Waals surface area contributed by atoms with E-state index in [9.17, 15) is 8.42 Å². The van der Waals surface area contributed by atoms with Crippen molar-refractivity contribution in [2.24, 2.45) is 0 Å². The molecule has 0 radical (unpaired) electrons. The van der Waals surface area contributed by atoms with Crippen molar-refractivity contribution in [1.82, 2.24) is 14.5 Å². The molecule has 5 nitrogen and oxygen atoms in total. The largest absolute Gasteiger partial charge is 0.330 e. The first-order chi connectivity index (χ1) is 10.9. The van der Waals surface area contributed by atoms with Crippen molar-refractivity contribution in [2.75, 3.05) is 20.6 Å². The third-order valence-electron chi connectivity index (χ3n) is 3.49. The van der Waals surface area contributed by atoms with E-state index >= 15 is 0 Å². The van der Waals surface area contributed by atoms with E-state index in [0.29, 0.717) is 21.9 Å². The molecule has 3 aromatic rings. The van der Waals surface area contributed by atoms with Crippen LogP contribution in [0.1, 0.15) is 0 Å². The van der Waals surface area contributed by atoms with Crippen LogP contribution in [-0.2, 0) is 16.4 Å². The monoisotopic (exact) mass is 369 g/mol. The Morgan fingerprint density at radius 3 is 2.74 bits per heavy atom. The third kappa shape index (κ3) is 3.14. The molecule has 0 saturated carbocycles. The van der Waals surface area contributed by atoms with Crippen LogP contribution in [0.2, 0.25) is 4.34 Å². The minimum atomic E-state index is -3.60. The number of nitrogens with zero attached hydrogens (tertiary/aromatic N) is 3. The van der Waals surface area contributed by atoms with Gasteiger partial charge in [-0.1, -0.05) is 11.6 Å². The van der Waals surface area contributed by atoms with Gasteiger partial charge in [0.05, 0.1) is 9.23 Å². The summed E-state index contributed by atoms with van der Waals surface area (Å²) in [6, 6.07) is 6.68. The SMILES string of the molecule is CN(C)CCn1cc(S(=O)(=O)c2ccc(Cl)s2)c2cccnc21. The Hall–Kier alpha value is -1.41. The van der Waals surface area contributed by atoms with Crippen molar-refractivity contribution in [1.29, 1.82) is 0 Å². The predicted molar refractivity (Wildman–Crippen MR) is 93.1 cm³/mol. The van der Waals surface area contributed by atoms with Crippen molar-refractivity contribution < 1.29 is 8.42 Å². The molecule has 0 fully saturated rings. The summed E-state index contributed by atoms with van der Waals surface area (Å²) in [4.78, 5) is 6.67. The Bertz CT molecular complexity index is 945. The Kier molecular flexibility index (Phi) is 4.46. The molecule has 0 unspecified atom stereocenters. The zero-order valence-corrected chi connectivity index (χ0v) is 15.1. The van der Waals surface area contributed by atoms with E-state index in [0.717, 1.165) is 17.9 Å². The van der Waals surface area contributed by atoms with Gasteiger partial charge in [0.15, 0.2) is 0 Å². The number of thiophene rings is 1. The second-order valence-corrected chi connectivity index (χ2v) is 9.29. The van der Waals surface area contributed by atoms with Crippen LogP contribution in [0.3, 0.4) is 0 Å². The lowest BCUT2D eigenvalue weighted by atomic mass is 10.3. The fraction of sp³-hybridized carbons (Fsp3) is 0.267. The molecule has 0 spiro atoms. The summed E-state index contributed by atoms with van der Waals surface area (Å²) < 4.78 is 28.4. The average molecular weight is 370 g/mol. The van der Waals surface area contributed by atoms with Gasteiger partial charge in [-0.05, 0) is 38.4 Å². The van der Waals surface area contributed by atoms with Crippen LogP contribution in [0, 0.1) is 0 Å². The van der Waals surface area contributed by atoms with Crippen LogP contribution in [0.5, 0.6) is 0 Å². The number of sulfone groups is 1. The van der Waals surface area contributed by atoms with Crippen LogP contribution in [0.4, 0.5) is 0 Å². The lowest BCUT2D eigenvalue weighted by Gasteiger charge is -2.10. The van der Waals surface area contributed by atoms with Crippen LogP contribution in [0.15, 0.2) is 45.8 Å². The summed E-state index contributed by atoms with van der Waals surface area (Å²) in [5.41, 5.74) is 0.676. The number of pyridine rings is 1. The molecule has 0 aliphatic rings. The molecule has 0 N–H and O–H groups in total. The number of likely N-dealkylation sites (N-methyl/N-ethyl adjacent to an activating group) is 1. The number of halogens is 1. The highest BCUT2D eigenvalue weighted by Crippen LogP contribution is 2.34. The fourth-order valence-corrected chi connectivity index (χ4v) is 5.40. The first-order valence-electron chi connectivity index (χ1n) is 6.98. The second kappa shape index (κ2) is 6.24. The van der Waals surface area contributed by atoms with E-state index in [2.05, 4.69) is 4.98 Å². The second-order valence-electron chi connectivity index (χ2n) is 5.43. The highest BCUT2D eigenvalue weighted by Gasteiger charge is 2.25. The van der Waals surface area contributed by atoms with E-state index in [-0.39, 0.29) is 9.10 Å². The van der Waals surface area contributed by atoms with E-state index < -0.39 is 9.84 Å². The van der Waals surface area contributed by atoms with Crippen molar-refractivity contribution >= 4 is 43.8 Å². The molecule has 0 bridgehead atoms. The number of hydrogen-bond acceptors (Lipinski definition) is 5. The minimum absolute atomic E-state index is 0.248. The summed E-state index contributed by atoms with van der Waals surface area (Å²) in [6.07, 6.45) is 3.34. The highest BCUT2D eigenvalue weighted by atomic mass is 35.5. The number of hydrogen-bond donors (Lipinski definition) is 0. The molecule has 3 aromatic heterocycles. The first kappa shape index (κ1) is 16.4. The number of rotatable bonds is 5. The van der Waals surface area contributed by atoms with Gasteiger partial charge in [-0.25, -0.2) is 13.4 Å². The molecule has 3 rings (SSSR count). The molecule has 122 valence electrons. The van der Waals surface area contributed by atoms with Crippen LogP contribution >= 0.6 is 22.9 Å². The molecule has 0 atom stereocenters. The summed E-state index contributed by atoms with van der Waals surface area (Å²) in [5.74, 6) is 0. The smallest absolute Gasteiger partial charge is 0.218 e. The third-order valence-corrected chi connectivity index (χ3v) is 6.99. The van der Waals surface area contributed by atoms with Gasteiger partial charge in [0.2, 0.25) is 9.84 Å². The average Bonchev–Trinajstić information content (AvgIpc) is 3.10. The Morgan fingerprint density at radius 2 is 2.09 bits per heavy atom. The van der Waals surface area contributed by atoms with Crippen LogP contribution in [0.25, 0.3) is 11.0 Å². The molecule has 0 aliphatic heterocycles. The zero-order valence-electron chi connectivity index (χ0n) is 12.7. The van der Waals surface area contributed by atoms with E-state index in [1.165, 1.54) is 0 Å². The Balaban J connectivity index is 2.14. The molecular weight excluding hydrogens is 354 g/mol. The van der Waals surface area contributed by atoms with Gasteiger partial charge in [0.25, 0.3) is 0 Å². The molecule has 0 aliphatic carbocycles. The van der Waals surface area contributed by atoms with Gasteiger partial charge in [0, 0.05) is 30.9 Å².